The fraction of sp³-hybridized carbons (Fsp3) is 0.528. The summed E-state index contributed by atoms with van der Waals surface area (Å²) in [6, 6.07) is 5.99. The predicted octanol–water partition coefficient (Wildman–Crippen LogP) is 13.7. The standard InChI is InChI=1S/C53H70N4O5/c1-12-38-34(8)41-27-43-36(10)40(23-24-47(58)61-26-25-33(7)22-16-21-32(6)20-15-19-31(5)18-14-17-30(3)4)50(56-43)49-51-48(52(59)62-53(49)60)37(11)44(57-51)29-46-39(13-2)35(9)42(55-46)28-45(38)54-41/h12,25,27-32,36,40,56-57H,1,13-24,26H2,2-11H3/b33-25+,43-27?,45-28?,46-29?,50-49?/t31?,32?,36-,40-/m0/s1. The number of carbonyl (C=O) groups is 3. The number of ether oxygens (including phenoxy) is 2. The molecule has 0 radical (unpaired) electrons. The number of hydrogen-bond donors (Lipinski definition) is 2. The number of rotatable bonds is 19. The summed E-state index contributed by atoms with van der Waals surface area (Å²) in [5, 5.41) is 0. The smallest absolute Gasteiger partial charge is 0.349 e. The zero-order valence-electron chi connectivity index (χ0n) is 39.1. The molecule has 0 fully saturated rings. The van der Waals surface area contributed by atoms with Crippen molar-refractivity contribution in [1.29, 1.82) is 0 Å². The van der Waals surface area contributed by atoms with Gasteiger partial charge in [-0.2, -0.15) is 0 Å². The highest BCUT2D eigenvalue weighted by atomic mass is 16.6. The number of fused-ring (bicyclic) bond motifs is 8. The van der Waals surface area contributed by atoms with Crippen LogP contribution in [0.2, 0.25) is 0 Å². The minimum absolute atomic E-state index is 0.136. The van der Waals surface area contributed by atoms with Gasteiger partial charge in [0, 0.05) is 40.7 Å². The van der Waals surface area contributed by atoms with Crippen molar-refractivity contribution in [2.45, 2.75) is 158 Å². The molecule has 9 nitrogen and oxygen atoms in total. The largest absolute Gasteiger partial charge is 0.461 e. The van der Waals surface area contributed by atoms with E-state index in [1.54, 1.807) is 0 Å². The molecule has 332 valence electrons. The topological polar surface area (TPSA) is 127 Å². The number of nitrogens with one attached hydrogen (secondary N) is 2. The van der Waals surface area contributed by atoms with Crippen LogP contribution in [0.4, 0.5) is 0 Å². The second kappa shape index (κ2) is 20.4. The van der Waals surface area contributed by atoms with Gasteiger partial charge in [-0.1, -0.05) is 105 Å². The Bertz CT molecular complexity index is 2370. The second-order valence-electron chi connectivity index (χ2n) is 18.9. The van der Waals surface area contributed by atoms with Crippen molar-refractivity contribution in [3.05, 3.63) is 93.4 Å². The SMILES string of the molecule is C=CC1=C(C)c2cc3[nH]c(c4c5[nH]c(cc6nc(cc1n2)C(C)=C6CC)c(C)c5C(=O)OC4=O)[C@@H](CCC(=O)OC/C=C(\C)CCCC(C)CCCC(C)CCCC(C)C)[C@@H]3C. The van der Waals surface area contributed by atoms with Crippen molar-refractivity contribution >= 4 is 51.2 Å². The van der Waals surface area contributed by atoms with Gasteiger partial charge >= 0.3 is 17.9 Å². The van der Waals surface area contributed by atoms with Gasteiger partial charge in [-0.25, -0.2) is 19.6 Å². The average molecular weight is 843 g/mol. The number of hydrogen-bond acceptors (Lipinski definition) is 7. The number of nitrogens with zero attached hydrogens (tertiary/aromatic N) is 2. The lowest BCUT2D eigenvalue weighted by Gasteiger charge is -2.19. The van der Waals surface area contributed by atoms with Crippen LogP contribution in [0.15, 0.2) is 42.5 Å². The molecule has 6 rings (SSSR count). The molecule has 4 aliphatic rings. The number of aromatic amines is 2. The Morgan fingerprint density at radius 3 is 2.16 bits per heavy atom. The summed E-state index contributed by atoms with van der Waals surface area (Å²) in [6.45, 7) is 26.0. The van der Waals surface area contributed by atoms with Crippen molar-refractivity contribution in [3.63, 3.8) is 0 Å². The number of aromatic nitrogens is 4. The Balaban J connectivity index is 1.20. The molecule has 4 aliphatic heterocycles. The van der Waals surface area contributed by atoms with E-state index in [9.17, 15) is 14.4 Å². The first-order valence-electron chi connectivity index (χ1n) is 23.3. The minimum Gasteiger partial charge on any atom is -0.461 e. The predicted molar refractivity (Wildman–Crippen MR) is 252 cm³/mol. The third-order valence-corrected chi connectivity index (χ3v) is 13.7. The van der Waals surface area contributed by atoms with Gasteiger partial charge in [0.25, 0.3) is 0 Å². The van der Waals surface area contributed by atoms with E-state index in [1.807, 2.05) is 44.2 Å². The van der Waals surface area contributed by atoms with Crippen LogP contribution in [0.5, 0.6) is 0 Å². The van der Waals surface area contributed by atoms with Gasteiger partial charge in [0.1, 0.15) is 12.2 Å². The normalized spacial score (nSPS) is 18.0. The molecule has 0 aliphatic carbocycles. The van der Waals surface area contributed by atoms with Crippen molar-refractivity contribution in [3.8, 4) is 0 Å². The molecule has 4 atom stereocenters. The molecular formula is C53H70N4O5. The minimum atomic E-state index is -0.732. The molecule has 0 amide bonds. The van der Waals surface area contributed by atoms with E-state index in [0.29, 0.717) is 34.3 Å². The zero-order chi connectivity index (χ0) is 44.8. The van der Waals surface area contributed by atoms with Gasteiger partial charge in [-0.15, -0.1) is 0 Å². The van der Waals surface area contributed by atoms with Crippen molar-refractivity contribution in [2.75, 3.05) is 6.61 Å². The molecule has 0 aromatic carbocycles. The van der Waals surface area contributed by atoms with Crippen molar-refractivity contribution in [2.24, 2.45) is 17.8 Å². The Labute approximate surface area is 369 Å². The van der Waals surface area contributed by atoms with Gasteiger partial charge in [0.15, 0.2) is 0 Å². The summed E-state index contributed by atoms with van der Waals surface area (Å²) in [5.41, 5.74) is 12.3. The van der Waals surface area contributed by atoms with Crippen LogP contribution in [0.1, 0.15) is 212 Å². The van der Waals surface area contributed by atoms with Gasteiger partial charge in [-0.05, 0) is 118 Å². The van der Waals surface area contributed by atoms with Crippen LogP contribution in [-0.4, -0.2) is 44.5 Å². The Morgan fingerprint density at radius 2 is 1.48 bits per heavy atom. The Kier molecular flexibility index (Phi) is 15.3. The summed E-state index contributed by atoms with van der Waals surface area (Å²) >= 11 is 0. The van der Waals surface area contributed by atoms with E-state index in [1.165, 1.54) is 50.5 Å². The summed E-state index contributed by atoms with van der Waals surface area (Å²) in [6.07, 6.45) is 16.5. The highest BCUT2D eigenvalue weighted by Gasteiger charge is 2.38. The van der Waals surface area contributed by atoms with Crippen LogP contribution in [-0.2, 0) is 14.3 Å². The summed E-state index contributed by atoms with van der Waals surface area (Å²) in [7, 11) is 0. The van der Waals surface area contributed by atoms with Gasteiger partial charge in [0.05, 0.1) is 33.9 Å². The molecule has 62 heavy (non-hydrogen) atoms. The molecule has 2 N–H and O–H groups in total. The lowest BCUT2D eigenvalue weighted by Crippen LogP contribution is -2.21. The maximum Gasteiger partial charge on any atom is 0.349 e. The quantitative estimate of drug-likeness (QED) is 0.0819. The number of esters is 3. The monoisotopic (exact) mass is 843 g/mol. The van der Waals surface area contributed by atoms with Crippen LogP contribution >= 0.6 is 0 Å². The molecule has 2 aromatic rings. The van der Waals surface area contributed by atoms with Crippen molar-refractivity contribution in [1.82, 2.24) is 19.9 Å². The number of allylic oxidation sites excluding steroid dienone is 6. The van der Waals surface area contributed by atoms with Crippen LogP contribution in [0.3, 0.4) is 0 Å². The van der Waals surface area contributed by atoms with E-state index >= 15 is 0 Å². The molecule has 2 aromatic heterocycles. The molecule has 9 heteroatoms. The third-order valence-electron chi connectivity index (χ3n) is 13.7. The molecule has 8 bridgehead atoms. The second-order valence-corrected chi connectivity index (χ2v) is 18.9. The number of H-pyrrole nitrogens is 2. The highest BCUT2D eigenvalue weighted by molar-refractivity contribution is 6.18. The zero-order valence-corrected chi connectivity index (χ0v) is 39.1. The van der Waals surface area contributed by atoms with Crippen LogP contribution in [0.25, 0.3) is 33.3 Å². The lowest BCUT2D eigenvalue weighted by molar-refractivity contribution is -0.142. The van der Waals surface area contributed by atoms with E-state index in [0.717, 1.165) is 87.8 Å². The first kappa shape index (κ1) is 46.5. The Hall–Kier alpha value is -5.05. The van der Waals surface area contributed by atoms with Crippen LogP contribution < -0.4 is 0 Å². The lowest BCUT2D eigenvalue weighted by atomic mass is 9.85. The fourth-order valence-corrected chi connectivity index (χ4v) is 9.66. The van der Waals surface area contributed by atoms with E-state index in [4.69, 9.17) is 19.4 Å². The summed E-state index contributed by atoms with van der Waals surface area (Å²) in [5.74, 6) is 0.198. The maximum absolute atomic E-state index is 13.8. The van der Waals surface area contributed by atoms with Gasteiger partial charge in [0.2, 0.25) is 0 Å². The van der Waals surface area contributed by atoms with Gasteiger partial charge in [-0.3, -0.25) is 4.79 Å². The van der Waals surface area contributed by atoms with Crippen molar-refractivity contribution < 1.29 is 23.9 Å². The fourth-order valence-electron chi connectivity index (χ4n) is 9.66. The third kappa shape index (κ3) is 10.4. The molecule has 0 saturated heterocycles. The molecule has 6 heterocycles. The first-order chi connectivity index (χ1) is 29.6. The summed E-state index contributed by atoms with van der Waals surface area (Å²) in [4.78, 5) is 57.7. The Morgan fingerprint density at radius 1 is 0.839 bits per heavy atom. The summed E-state index contributed by atoms with van der Waals surface area (Å²) < 4.78 is 11.2. The van der Waals surface area contributed by atoms with Crippen LogP contribution in [0, 0.1) is 24.7 Å². The number of carbonyl (C=O) groups excluding carboxylic acids is 3. The van der Waals surface area contributed by atoms with Gasteiger partial charge < -0.3 is 19.4 Å². The number of aryl methyl sites for hydroxylation is 1. The van der Waals surface area contributed by atoms with E-state index in [-0.39, 0.29) is 36.4 Å². The molecule has 0 spiro atoms. The average Bonchev–Trinajstić information content (AvgIpc) is 3.89. The van der Waals surface area contributed by atoms with E-state index < -0.39 is 11.9 Å². The highest BCUT2D eigenvalue weighted by Crippen LogP contribution is 2.44. The maximum atomic E-state index is 13.8. The van der Waals surface area contributed by atoms with E-state index in [2.05, 4.69) is 71.9 Å². The number of cyclic esters (lactones) is 2. The first-order valence-corrected chi connectivity index (χ1v) is 23.3. The molecule has 0 saturated carbocycles. The molecule has 2 unspecified atom stereocenters. The molecular weight excluding hydrogens is 773 g/mol.